The van der Waals surface area contributed by atoms with E-state index in [0.29, 0.717) is 34.2 Å². The quantitative estimate of drug-likeness (QED) is 0.385. The molecule has 0 amide bonds. The summed E-state index contributed by atoms with van der Waals surface area (Å²) in [6.45, 7) is 3.62. The molecule has 0 spiro atoms. The molecule has 3 heterocycles. The van der Waals surface area contributed by atoms with E-state index in [9.17, 15) is 5.11 Å². The van der Waals surface area contributed by atoms with Gasteiger partial charge in [0.05, 0.1) is 23.8 Å². The molecule has 0 radical (unpaired) electrons. The molecule has 0 saturated carbocycles. The number of hydrogen-bond acceptors (Lipinski definition) is 7. The van der Waals surface area contributed by atoms with Crippen molar-refractivity contribution in [2.75, 3.05) is 11.1 Å². The zero-order valence-corrected chi connectivity index (χ0v) is 17.4. The number of nitrogens with zero attached hydrogens (tertiary/aromatic N) is 3. The van der Waals surface area contributed by atoms with E-state index in [1.54, 1.807) is 19.3 Å². The van der Waals surface area contributed by atoms with Crippen LogP contribution in [-0.4, -0.2) is 20.2 Å². The Bertz CT molecular complexity index is 1110. The molecule has 3 atom stereocenters. The Kier molecular flexibility index (Phi) is 5.95. The summed E-state index contributed by atoms with van der Waals surface area (Å²) in [7, 11) is 0. The van der Waals surface area contributed by atoms with E-state index in [-0.39, 0.29) is 0 Å². The molecule has 3 unspecified atom stereocenters. The first kappa shape index (κ1) is 20.6. The van der Waals surface area contributed by atoms with Crippen molar-refractivity contribution < 1.29 is 9.63 Å². The first-order chi connectivity index (χ1) is 15.1. The van der Waals surface area contributed by atoms with Crippen molar-refractivity contribution in [3.05, 3.63) is 101 Å². The molecule has 0 aliphatic carbocycles. The van der Waals surface area contributed by atoms with Gasteiger partial charge in [-0.3, -0.25) is 4.98 Å². The highest BCUT2D eigenvalue weighted by atomic mass is 16.5. The minimum Gasteiger partial charge on any atom is -0.398 e. The molecule has 0 saturated heterocycles. The summed E-state index contributed by atoms with van der Waals surface area (Å²) in [5.41, 5.74) is 9.84. The molecule has 158 valence electrons. The third kappa shape index (κ3) is 4.27. The van der Waals surface area contributed by atoms with Crippen LogP contribution in [0.4, 0.5) is 11.5 Å². The van der Waals surface area contributed by atoms with Gasteiger partial charge in [-0.1, -0.05) is 35.5 Å². The molecule has 0 aliphatic heterocycles. The Hall–Kier alpha value is -3.71. The van der Waals surface area contributed by atoms with Crippen molar-refractivity contribution in [2.45, 2.75) is 31.9 Å². The fourth-order valence-electron chi connectivity index (χ4n) is 3.94. The van der Waals surface area contributed by atoms with E-state index >= 15 is 0 Å². The van der Waals surface area contributed by atoms with Gasteiger partial charge in [-0.25, -0.2) is 4.98 Å². The monoisotopic (exact) mass is 415 g/mol. The summed E-state index contributed by atoms with van der Waals surface area (Å²) in [5, 5.41) is 19.2. The minimum absolute atomic E-state index is 0.422. The Morgan fingerprint density at radius 3 is 2.26 bits per heavy atom. The van der Waals surface area contributed by atoms with Crippen LogP contribution in [0.5, 0.6) is 0 Å². The number of para-hydroxylation sites is 1. The van der Waals surface area contributed by atoms with E-state index in [0.717, 1.165) is 5.56 Å². The molecule has 4 N–H and O–H groups in total. The van der Waals surface area contributed by atoms with Crippen LogP contribution in [0.25, 0.3) is 0 Å². The maximum absolute atomic E-state index is 11.6. The first-order valence-corrected chi connectivity index (χ1v) is 10.1. The number of aliphatic hydroxyl groups is 1. The number of nitrogens with two attached hydrogens (primary N) is 1. The van der Waals surface area contributed by atoms with Gasteiger partial charge in [0.1, 0.15) is 11.6 Å². The van der Waals surface area contributed by atoms with Gasteiger partial charge >= 0.3 is 0 Å². The van der Waals surface area contributed by atoms with Crippen molar-refractivity contribution >= 4 is 11.5 Å². The highest BCUT2D eigenvalue weighted by Crippen LogP contribution is 2.44. The second kappa shape index (κ2) is 8.97. The second-order valence-corrected chi connectivity index (χ2v) is 7.43. The van der Waals surface area contributed by atoms with Crippen LogP contribution in [0.15, 0.2) is 77.6 Å². The van der Waals surface area contributed by atoms with Crippen LogP contribution in [0.3, 0.4) is 0 Å². The van der Waals surface area contributed by atoms with E-state index in [1.807, 2.05) is 67.6 Å². The molecule has 7 nitrogen and oxygen atoms in total. The first-order valence-electron chi connectivity index (χ1n) is 10.1. The number of aromatic nitrogens is 3. The van der Waals surface area contributed by atoms with Crippen molar-refractivity contribution in [1.82, 2.24) is 15.1 Å². The predicted octanol–water partition coefficient (Wildman–Crippen LogP) is 4.33. The van der Waals surface area contributed by atoms with Gasteiger partial charge in [-0.2, -0.15) is 0 Å². The van der Waals surface area contributed by atoms with Crippen LogP contribution < -0.4 is 11.1 Å². The minimum atomic E-state index is -0.943. The lowest BCUT2D eigenvalue weighted by molar-refractivity contribution is 0.131. The van der Waals surface area contributed by atoms with Gasteiger partial charge in [0.15, 0.2) is 0 Å². The van der Waals surface area contributed by atoms with E-state index in [4.69, 9.17) is 10.3 Å². The molecule has 0 aliphatic rings. The molecule has 31 heavy (non-hydrogen) atoms. The summed E-state index contributed by atoms with van der Waals surface area (Å²) in [6, 6.07) is 18.5. The summed E-state index contributed by atoms with van der Waals surface area (Å²) in [4.78, 5) is 9.00. The Labute approximate surface area is 181 Å². The number of hydrogen-bond donors (Lipinski definition) is 3. The molecule has 3 aromatic heterocycles. The maximum atomic E-state index is 11.6. The number of rotatable bonds is 7. The standard InChI is InChI=1S/C24H25N5O2/c1-15-21(16(2)31-29-15)24(30)22(19-11-5-7-13-26-19)23(17-9-3-4-10-18(17)25)28-20-12-6-8-14-27-20/h3-14,22-24,30H,25H2,1-2H3,(H,27,28). The van der Waals surface area contributed by atoms with Crippen LogP contribution in [0, 0.1) is 13.8 Å². The number of benzene rings is 1. The van der Waals surface area contributed by atoms with Crippen LogP contribution in [0.2, 0.25) is 0 Å². The van der Waals surface area contributed by atoms with E-state index in [1.165, 1.54) is 0 Å². The average molecular weight is 415 g/mol. The van der Waals surface area contributed by atoms with Gasteiger partial charge in [0.2, 0.25) is 0 Å². The third-order valence-corrected chi connectivity index (χ3v) is 5.41. The van der Waals surface area contributed by atoms with Crippen molar-refractivity contribution in [2.24, 2.45) is 0 Å². The second-order valence-electron chi connectivity index (χ2n) is 7.43. The van der Waals surface area contributed by atoms with Gasteiger partial charge in [0, 0.05) is 29.3 Å². The number of nitrogen functional groups attached to an aromatic ring is 1. The van der Waals surface area contributed by atoms with Crippen molar-refractivity contribution in [3.8, 4) is 0 Å². The molecule has 7 heteroatoms. The van der Waals surface area contributed by atoms with Gasteiger partial charge < -0.3 is 20.7 Å². The molecule has 4 rings (SSSR count). The lowest BCUT2D eigenvalue weighted by Crippen LogP contribution is -2.27. The third-order valence-electron chi connectivity index (χ3n) is 5.41. The van der Waals surface area contributed by atoms with Gasteiger partial charge in [-0.15, -0.1) is 0 Å². The van der Waals surface area contributed by atoms with Gasteiger partial charge in [-0.05, 0) is 49.7 Å². The SMILES string of the molecule is Cc1noc(C)c1C(O)C(c1ccccn1)C(Nc1ccccn1)c1ccccc1N. The molecule has 1 aromatic carbocycles. The zero-order chi connectivity index (χ0) is 21.8. The predicted molar refractivity (Wildman–Crippen MR) is 119 cm³/mol. The van der Waals surface area contributed by atoms with E-state index in [2.05, 4.69) is 20.4 Å². The molecule has 4 aromatic rings. The molecule has 0 bridgehead atoms. The summed E-state index contributed by atoms with van der Waals surface area (Å²) in [5.74, 6) is 0.746. The van der Waals surface area contributed by atoms with Crippen molar-refractivity contribution in [3.63, 3.8) is 0 Å². The Morgan fingerprint density at radius 2 is 1.65 bits per heavy atom. The van der Waals surface area contributed by atoms with Crippen LogP contribution in [0.1, 0.15) is 46.3 Å². The highest BCUT2D eigenvalue weighted by molar-refractivity contribution is 5.53. The fourth-order valence-corrected chi connectivity index (χ4v) is 3.94. The lowest BCUT2D eigenvalue weighted by atomic mass is 9.81. The topological polar surface area (TPSA) is 110 Å². The number of nitrogens with one attached hydrogen (secondary N) is 1. The van der Waals surface area contributed by atoms with Gasteiger partial charge in [0.25, 0.3) is 0 Å². The van der Waals surface area contributed by atoms with E-state index < -0.39 is 18.1 Å². The number of pyridine rings is 2. The molecular weight excluding hydrogens is 390 g/mol. The molecule has 0 fully saturated rings. The zero-order valence-electron chi connectivity index (χ0n) is 17.4. The fraction of sp³-hybridized carbons (Fsp3) is 0.208. The number of aliphatic hydroxyl groups excluding tert-OH is 1. The van der Waals surface area contributed by atoms with Crippen LogP contribution in [-0.2, 0) is 0 Å². The Morgan fingerprint density at radius 1 is 0.935 bits per heavy atom. The maximum Gasteiger partial charge on any atom is 0.139 e. The number of aryl methyl sites for hydroxylation is 2. The summed E-state index contributed by atoms with van der Waals surface area (Å²) >= 11 is 0. The normalized spacial score (nSPS) is 14.0. The smallest absolute Gasteiger partial charge is 0.139 e. The summed E-state index contributed by atoms with van der Waals surface area (Å²) < 4.78 is 5.34. The largest absolute Gasteiger partial charge is 0.398 e. The number of anilines is 2. The Balaban J connectivity index is 1.88. The van der Waals surface area contributed by atoms with Crippen LogP contribution >= 0.6 is 0 Å². The summed E-state index contributed by atoms with van der Waals surface area (Å²) in [6.07, 6.45) is 2.49. The highest BCUT2D eigenvalue weighted by Gasteiger charge is 2.37. The lowest BCUT2D eigenvalue weighted by Gasteiger charge is -2.33. The molecular formula is C24H25N5O2. The average Bonchev–Trinajstić information content (AvgIpc) is 3.13. The van der Waals surface area contributed by atoms with Crippen molar-refractivity contribution in [1.29, 1.82) is 0 Å².